The van der Waals surface area contributed by atoms with Crippen LogP contribution in [0.3, 0.4) is 0 Å². The second-order valence-corrected chi connectivity index (χ2v) is 9.73. The van der Waals surface area contributed by atoms with Crippen LogP contribution in [0.15, 0.2) is 0 Å². The van der Waals surface area contributed by atoms with Crippen LogP contribution in [0.25, 0.3) is 0 Å². The number of esters is 2. The van der Waals surface area contributed by atoms with Gasteiger partial charge in [-0.1, -0.05) is 79.6 Å². The summed E-state index contributed by atoms with van der Waals surface area (Å²) in [5, 5.41) is 0. The van der Waals surface area contributed by atoms with Gasteiger partial charge in [-0.15, -0.1) is 0 Å². The highest BCUT2D eigenvalue weighted by molar-refractivity contribution is 5.71. The molecule has 0 fully saturated rings. The monoisotopic (exact) mass is 426 g/mol. The molecule has 0 N–H and O–H groups in total. The number of hydrogen-bond donors (Lipinski definition) is 0. The molecule has 0 amide bonds. The van der Waals surface area contributed by atoms with Gasteiger partial charge in [0.2, 0.25) is 0 Å². The minimum atomic E-state index is -0.0358. The second kappa shape index (κ2) is 19.9. The molecule has 0 saturated carbocycles. The highest BCUT2D eigenvalue weighted by Crippen LogP contribution is 2.15. The van der Waals surface area contributed by atoms with Crippen molar-refractivity contribution in [2.45, 2.75) is 125 Å². The summed E-state index contributed by atoms with van der Waals surface area (Å²) >= 11 is 0. The topological polar surface area (TPSA) is 52.6 Å². The van der Waals surface area contributed by atoms with E-state index in [0.29, 0.717) is 31.5 Å². The maximum absolute atomic E-state index is 11.9. The molecule has 0 aliphatic heterocycles. The van der Waals surface area contributed by atoms with Crippen LogP contribution in [-0.4, -0.2) is 25.2 Å². The molecule has 0 aromatic heterocycles. The van der Waals surface area contributed by atoms with Crippen LogP contribution in [0.2, 0.25) is 0 Å². The second-order valence-electron chi connectivity index (χ2n) is 9.73. The third-order valence-corrected chi connectivity index (χ3v) is 5.53. The van der Waals surface area contributed by atoms with Crippen molar-refractivity contribution in [3.8, 4) is 0 Å². The molecular formula is C26H50O4. The summed E-state index contributed by atoms with van der Waals surface area (Å²) in [6, 6.07) is 0. The zero-order valence-electron chi connectivity index (χ0n) is 20.7. The number of carbonyl (C=O) groups excluding carboxylic acids is 2. The minimum absolute atomic E-state index is 0.0224. The Balaban J connectivity index is 3.39. The van der Waals surface area contributed by atoms with Gasteiger partial charge in [0.1, 0.15) is 0 Å². The number of unbranched alkanes of at least 4 members (excludes halogenated alkanes) is 7. The number of rotatable bonds is 20. The van der Waals surface area contributed by atoms with Crippen molar-refractivity contribution in [3.63, 3.8) is 0 Å². The molecule has 0 radical (unpaired) electrons. The number of hydrogen-bond acceptors (Lipinski definition) is 4. The largest absolute Gasteiger partial charge is 0.466 e. The smallest absolute Gasteiger partial charge is 0.308 e. The molecule has 0 saturated heterocycles. The maximum Gasteiger partial charge on any atom is 0.308 e. The highest BCUT2D eigenvalue weighted by atomic mass is 16.5. The van der Waals surface area contributed by atoms with E-state index in [-0.39, 0.29) is 17.9 Å². The summed E-state index contributed by atoms with van der Waals surface area (Å²) in [5.41, 5.74) is 0. The molecule has 0 aromatic rings. The van der Waals surface area contributed by atoms with Gasteiger partial charge in [-0.05, 0) is 50.4 Å². The van der Waals surface area contributed by atoms with E-state index in [1.807, 2.05) is 6.92 Å². The first-order chi connectivity index (χ1) is 14.3. The third kappa shape index (κ3) is 20.2. The van der Waals surface area contributed by atoms with Gasteiger partial charge in [-0.25, -0.2) is 0 Å². The van der Waals surface area contributed by atoms with Crippen molar-refractivity contribution in [2.75, 3.05) is 13.2 Å². The van der Waals surface area contributed by atoms with Crippen molar-refractivity contribution in [2.24, 2.45) is 17.8 Å². The fourth-order valence-electron chi connectivity index (χ4n) is 3.45. The van der Waals surface area contributed by atoms with E-state index in [9.17, 15) is 9.59 Å². The summed E-state index contributed by atoms with van der Waals surface area (Å²) in [4.78, 5) is 23.6. The fourth-order valence-corrected chi connectivity index (χ4v) is 3.45. The van der Waals surface area contributed by atoms with Gasteiger partial charge >= 0.3 is 11.9 Å². The first-order valence-corrected chi connectivity index (χ1v) is 12.6. The van der Waals surface area contributed by atoms with Crippen LogP contribution in [-0.2, 0) is 19.1 Å². The van der Waals surface area contributed by atoms with Gasteiger partial charge < -0.3 is 9.47 Å². The molecule has 4 nitrogen and oxygen atoms in total. The summed E-state index contributed by atoms with van der Waals surface area (Å²) in [5.74, 6) is 1.30. The van der Waals surface area contributed by atoms with Crippen LogP contribution in [0.5, 0.6) is 0 Å². The lowest BCUT2D eigenvalue weighted by atomic mass is 10.0. The zero-order chi connectivity index (χ0) is 22.6. The Kier molecular flexibility index (Phi) is 19.2. The van der Waals surface area contributed by atoms with Gasteiger partial charge in [-0.2, -0.15) is 0 Å². The number of ether oxygens (including phenoxy) is 2. The summed E-state index contributed by atoms with van der Waals surface area (Å²) < 4.78 is 10.6. The first-order valence-electron chi connectivity index (χ1n) is 12.6. The van der Waals surface area contributed by atoms with Crippen molar-refractivity contribution in [1.29, 1.82) is 0 Å². The lowest BCUT2D eigenvalue weighted by molar-refractivity contribution is -0.148. The van der Waals surface area contributed by atoms with Crippen LogP contribution in [0.4, 0.5) is 0 Å². The summed E-state index contributed by atoms with van der Waals surface area (Å²) in [7, 11) is 0. The average molecular weight is 427 g/mol. The standard InChI is InChI=1S/C26H50O4/c1-22(2)16-14-20-29-25(27)19-13-11-9-7-6-8-10-12-18-24(5)26(28)30-21-15-17-23(3)4/h22-24H,6-21H2,1-5H3. The van der Waals surface area contributed by atoms with E-state index >= 15 is 0 Å². The maximum atomic E-state index is 11.9. The van der Waals surface area contributed by atoms with Gasteiger partial charge in [0.05, 0.1) is 19.1 Å². The molecule has 30 heavy (non-hydrogen) atoms. The Morgan fingerprint density at radius 3 is 1.57 bits per heavy atom. The van der Waals surface area contributed by atoms with Gasteiger partial charge in [0, 0.05) is 6.42 Å². The predicted octanol–water partition coefficient (Wildman–Crippen LogP) is 7.48. The predicted molar refractivity (Wildman–Crippen MR) is 125 cm³/mol. The Morgan fingerprint density at radius 1 is 0.567 bits per heavy atom. The van der Waals surface area contributed by atoms with Crippen LogP contribution >= 0.6 is 0 Å². The quantitative estimate of drug-likeness (QED) is 0.149. The van der Waals surface area contributed by atoms with E-state index in [1.165, 1.54) is 32.1 Å². The normalized spacial score (nSPS) is 12.4. The summed E-state index contributed by atoms with van der Waals surface area (Å²) in [6.45, 7) is 11.9. The Labute approximate surface area is 186 Å². The van der Waals surface area contributed by atoms with Crippen molar-refractivity contribution in [1.82, 2.24) is 0 Å². The van der Waals surface area contributed by atoms with Crippen molar-refractivity contribution in [3.05, 3.63) is 0 Å². The van der Waals surface area contributed by atoms with E-state index in [1.54, 1.807) is 0 Å². The number of carbonyl (C=O) groups is 2. The van der Waals surface area contributed by atoms with Crippen molar-refractivity contribution >= 4 is 11.9 Å². The molecule has 0 spiro atoms. The molecule has 0 rings (SSSR count). The molecule has 0 bridgehead atoms. The molecule has 0 aliphatic rings. The van der Waals surface area contributed by atoms with Crippen molar-refractivity contribution < 1.29 is 19.1 Å². The Bertz CT molecular complexity index is 417. The molecule has 1 unspecified atom stereocenters. The molecule has 4 heteroatoms. The van der Waals surface area contributed by atoms with Crippen LogP contribution in [0.1, 0.15) is 125 Å². The minimum Gasteiger partial charge on any atom is -0.466 e. The lowest BCUT2D eigenvalue weighted by Crippen LogP contribution is -2.15. The van der Waals surface area contributed by atoms with E-state index in [2.05, 4.69) is 27.7 Å². The fraction of sp³-hybridized carbons (Fsp3) is 0.923. The summed E-state index contributed by atoms with van der Waals surface area (Å²) in [6.07, 6.45) is 14.9. The molecule has 0 aromatic carbocycles. The molecule has 1 atom stereocenters. The molecule has 178 valence electrons. The zero-order valence-corrected chi connectivity index (χ0v) is 20.7. The van der Waals surface area contributed by atoms with Crippen LogP contribution < -0.4 is 0 Å². The average Bonchev–Trinajstić information content (AvgIpc) is 2.69. The first kappa shape index (κ1) is 28.9. The molecular weight excluding hydrogens is 376 g/mol. The lowest BCUT2D eigenvalue weighted by Gasteiger charge is -2.12. The molecule has 0 aliphatic carbocycles. The highest BCUT2D eigenvalue weighted by Gasteiger charge is 2.13. The van der Waals surface area contributed by atoms with Crippen LogP contribution in [0, 0.1) is 17.8 Å². The van der Waals surface area contributed by atoms with Gasteiger partial charge in [0.25, 0.3) is 0 Å². The third-order valence-electron chi connectivity index (χ3n) is 5.53. The van der Waals surface area contributed by atoms with E-state index in [0.717, 1.165) is 51.4 Å². The van der Waals surface area contributed by atoms with E-state index in [4.69, 9.17) is 9.47 Å². The van der Waals surface area contributed by atoms with Gasteiger partial charge in [0.15, 0.2) is 0 Å². The Morgan fingerprint density at radius 2 is 1.03 bits per heavy atom. The van der Waals surface area contributed by atoms with E-state index < -0.39 is 0 Å². The molecule has 0 heterocycles. The van der Waals surface area contributed by atoms with Gasteiger partial charge in [-0.3, -0.25) is 9.59 Å². The Hall–Kier alpha value is -1.06. The SMILES string of the molecule is CC(C)CCCOC(=O)CCCCCCCCCCC(C)C(=O)OCCCC(C)C.